The van der Waals surface area contributed by atoms with Crippen molar-refractivity contribution >= 4 is 17.3 Å². The quantitative estimate of drug-likeness (QED) is 0.643. The zero-order chi connectivity index (χ0) is 8.97. The van der Waals surface area contributed by atoms with Crippen LogP contribution in [0.15, 0.2) is 24.3 Å². The molecule has 1 amide bonds. The van der Waals surface area contributed by atoms with E-state index in [1.165, 1.54) is 6.92 Å². The Morgan fingerprint density at radius 1 is 1.58 bits per heavy atom. The van der Waals surface area contributed by atoms with Crippen LogP contribution in [0.2, 0.25) is 0 Å². The van der Waals surface area contributed by atoms with Crippen LogP contribution >= 0.6 is 0 Å². The topological polar surface area (TPSA) is 57.2 Å². The summed E-state index contributed by atoms with van der Waals surface area (Å²) in [6, 6.07) is 6.61. The molecular formula is C8H8N3O+. The van der Waals surface area contributed by atoms with Crippen molar-refractivity contribution in [2.24, 2.45) is 0 Å². The molecule has 0 atom stereocenters. The van der Waals surface area contributed by atoms with E-state index in [2.05, 4.69) is 10.3 Å². The van der Waals surface area contributed by atoms with Crippen molar-refractivity contribution < 1.29 is 4.79 Å². The lowest BCUT2D eigenvalue weighted by Gasteiger charge is -1.97. The highest BCUT2D eigenvalue weighted by Gasteiger charge is 2.04. The second-order valence-electron chi connectivity index (χ2n) is 2.33. The molecule has 1 rings (SSSR count). The first-order valence-electron chi connectivity index (χ1n) is 3.45. The van der Waals surface area contributed by atoms with Gasteiger partial charge >= 0.3 is 5.69 Å². The first-order chi connectivity index (χ1) is 5.72. The summed E-state index contributed by atoms with van der Waals surface area (Å²) < 4.78 is 0. The van der Waals surface area contributed by atoms with Crippen molar-refractivity contribution in [3.63, 3.8) is 0 Å². The molecule has 0 heterocycles. The number of nitrogens with zero attached hydrogens (tertiary/aromatic N) is 2. The largest absolute Gasteiger partial charge is 0.387 e. The number of rotatable bonds is 1. The van der Waals surface area contributed by atoms with Gasteiger partial charge in [0.25, 0.3) is 0 Å². The van der Waals surface area contributed by atoms with Gasteiger partial charge in [-0.2, -0.15) is 0 Å². The predicted octanol–water partition coefficient (Wildman–Crippen LogP) is 2.13. The molecule has 1 aromatic carbocycles. The third-order valence-electron chi connectivity index (χ3n) is 1.28. The van der Waals surface area contributed by atoms with Crippen LogP contribution in [0.4, 0.5) is 11.4 Å². The van der Waals surface area contributed by atoms with E-state index >= 15 is 0 Å². The highest BCUT2D eigenvalue weighted by molar-refractivity contribution is 5.89. The van der Waals surface area contributed by atoms with Crippen LogP contribution in [0.5, 0.6) is 0 Å². The van der Waals surface area contributed by atoms with E-state index in [4.69, 9.17) is 5.39 Å². The van der Waals surface area contributed by atoms with Crippen LogP contribution in [0.3, 0.4) is 0 Å². The number of amides is 1. The molecule has 0 aliphatic carbocycles. The van der Waals surface area contributed by atoms with Crippen molar-refractivity contribution in [1.82, 2.24) is 0 Å². The first-order valence-corrected chi connectivity index (χ1v) is 3.45. The Kier molecular flexibility index (Phi) is 2.38. The molecule has 1 N–H and O–H groups in total. The molecule has 0 spiro atoms. The van der Waals surface area contributed by atoms with Gasteiger partial charge in [-0.15, -0.1) is 0 Å². The lowest BCUT2D eigenvalue weighted by Crippen LogP contribution is -2.04. The molecule has 4 nitrogen and oxygen atoms in total. The summed E-state index contributed by atoms with van der Waals surface area (Å²) >= 11 is 0. The average Bonchev–Trinajstić information content (AvgIpc) is 2.03. The summed E-state index contributed by atoms with van der Waals surface area (Å²) in [7, 11) is 0. The molecule has 0 unspecified atom stereocenters. The number of hydrogen-bond donors (Lipinski definition) is 1. The summed E-state index contributed by atoms with van der Waals surface area (Å²) in [5.41, 5.74) is 1.04. The van der Waals surface area contributed by atoms with Gasteiger partial charge in [-0.3, -0.25) is 4.79 Å². The van der Waals surface area contributed by atoms with E-state index in [1.54, 1.807) is 24.3 Å². The van der Waals surface area contributed by atoms with Gasteiger partial charge in [0.05, 0.1) is 6.07 Å². The Morgan fingerprint density at radius 2 is 2.33 bits per heavy atom. The highest BCUT2D eigenvalue weighted by atomic mass is 16.1. The molecule has 1 aromatic rings. The fourth-order valence-corrected chi connectivity index (χ4v) is 0.849. The fraction of sp³-hybridized carbons (Fsp3) is 0.125. The molecule has 0 radical (unpaired) electrons. The Balaban J connectivity index is 2.88. The van der Waals surface area contributed by atoms with Crippen molar-refractivity contribution in [3.8, 4) is 0 Å². The maximum Gasteiger partial charge on any atom is 0.387 e. The van der Waals surface area contributed by atoms with E-state index in [0.29, 0.717) is 11.4 Å². The van der Waals surface area contributed by atoms with E-state index in [-0.39, 0.29) is 5.91 Å². The number of hydrogen-bond acceptors (Lipinski definition) is 2. The second kappa shape index (κ2) is 3.49. The van der Waals surface area contributed by atoms with Gasteiger partial charge in [0.2, 0.25) is 11.3 Å². The van der Waals surface area contributed by atoms with Crippen molar-refractivity contribution in [1.29, 1.82) is 5.39 Å². The normalized spacial score (nSPS) is 8.67. The number of nitrogens with one attached hydrogen (secondary N) is 1. The maximum atomic E-state index is 10.6. The zero-order valence-electron chi connectivity index (χ0n) is 6.61. The molecular weight excluding hydrogens is 154 g/mol. The van der Waals surface area contributed by atoms with E-state index in [9.17, 15) is 4.79 Å². The molecule has 0 aliphatic heterocycles. The molecule has 60 valence electrons. The van der Waals surface area contributed by atoms with Gasteiger partial charge in [0.1, 0.15) is 0 Å². The van der Waals surface area contributed by atoms with Crippen LogP contribution in [0.25, 0.3) is 4.98 Å². The Labute approximate surface area is 69.8 Å². The summed E-state index contributed by atoms with van der Waals surface area (Å²) in [5.74, 6) is -0.148. The van der Waals surface area contributed by atoms with E-state index in [1.807, 2.05) is 0 Å². The monoisotopic (exact) mass is 162 g/mol. The van der Waals surface area contributed by atoms with Gasteiger partial charge in [-0.05, 0) is 6.07 Å². The minimum absolute atomic E-state index is 0.148. The molecule has 0 aliphatic rings. The minimum Gasteiger partial charge on any atom is -0.326 e. The average molecular weight is 162 g/mol. The molecule has 0 fully saturated rings. The molecule has 0 saturated heterocycles. The molecule has 0 bridgehead atoms. The van der Waals surface area contributed by atoms with Gasteiger partial charge in [-0.25, -0.2) is 0 Å². The Bertz CT molecular complexity index is 340. The zero-order valence-corrected chi connectivity index (χ0v) is 6.61. The summed E-state index contributed by atoms with van der Waals surface area (Å²) in [5, 5.41) is 11.0. The van der Waals surface area contributed by atoms with Crippen molar-refractivity contribution in [2.45, 2.75) is 6.92 Å². The Hall–Kier alpha value is -1.89. The van der Waals surface area contributed by atoms with Gasteiger partial charge in [-0.1, -0.05) is 6.07 Å². The van der Waals surface area contributed by atoms with E-state index < -0.39 is 0 Å². The second-order valence-corrected chi connectivity index (χ2v) is 2.33. The first kappa shape index (κ1) is 8.21. The van der Waals surface area contributed by atoms with Crippen LogP contribution in [0.1, 0.15) is 6.92 Å². The molecule has 0 saturated carbocycles. The lowest BCUT2D eigenvalue weighted by atomic mass is 10.3. The summed E-state index contributed by atoms with van der Waals surface area (Å²) in [6.45, 7) is 1.42. The number of carbonyl (C=O) groups is 1. The maximum absolute atomic E-state index is 10.6. The summed E-state index contributed by atoms with van der Waals surface area (Å²) in [4.78, 5) is 13.6. The number of anilines is 1. The van der Waals surface area contributed by atoms with Gasteiger partial charge in [0.15, 0.2) is 4.98 Å². The van der Waals surface area contributed by atoms with Crippen molar-refractivity contribution in [3.05, 3.63) is 29.2 Å². The summed E-state index contributed by atoms with van der Waals surface area (Å²) in [6.07, 6.45) is 0. The predicted molar refractivity (Wildman–Crippen MR) is 45.5 cm³/mol. The molecule has 4 heteroatoms. The number of benzene rings is 1. The fourth-order valence-electron chi connectivity index (χ4n) is 0.849. The third kappa shape index (κ3) is 2.06. The van der Waals surface area contributed by atoms with E-state index in [0.717, 1.165) is 0 Å². The molecule has 12 heavy (non-hydrogen) atoms. The highest BCUT2D eigenvalue weighted by Crippen LogP contribution is 2.17. The SMILES string of the molecule is CC(=O)Nc1cccc([N+]#N)c1. The van der Waals surface area contributed by atoms with Gasteiger partial charge < -0.3 is 5.32 Å². The van der Waals surface area contributed by atoms with Crippen LogP contribution in [-0.2, 0) is 4.79 Å². The molecule has 0 aromatic heterocycles. The number of carbonyl (C=O) groups excluding carboxylic acids is 1. The van der Waals surface area contributed by atoms with Crippen LogP contribution in [0, 0.1) is 5.39 Å². The Morgan fingerprint density at radius 3 is 2.92 bits per heavy atom. The van der Waals surface area contributed by atoms with Crippen molar-refractivity contribution in [2.75, 3.05) is 5.32 Å². The van der Waals surface area contributed by atoms with Crippen LogP contribution in [-0.4, -0.2) is 5.91 Å². The number of diazo groups is 1. The minimum atomic E-state index is -0.148. The standard InChI is InChI=1S/C8H7N3O/c1-6(12)10-7-3-2-4-8(5-7)11-9/h2-5H,1H3/p+1. The van der Waals surface area contributed by atoms with Gasteiger partial charge in [0, 0.05) is 18.7 Å². The lowest BCUT2D eigenvalue weighted by molar-refractivity contribution is -0.114. The van der Waals surface area contributed by atoms with Crippen LogP contribution < -0.4 is 5.32 Å². The third-order valence-corrected chi connectivity index (χ3v) is 1.28. The smallest absolute Gasteiger partial charge is 0.326 e.